The zero-order valence-electron chi connectivity index (χ0n) is 34.6. The zero-order valence-corrected chi connectivity index (χ0v) is 35.4. The SMILES string of the molecule is Cc1cc(C[C@@H](OC(=O)N2CCC(N3CCc4ccccc4NC3=O)CC2)C(=O)N(C)CCC(C)C2CCN(CCC(=O)OCCCN(C)C)CC2)cc(Cl)c1N. The maximum absolute atomic E-state index is 14.1. The van der Waals surface area contributed by atoms with Crippen molar-refractivity contribution in [2.24, 2.45) is 11.8 Å². The second-order valence-corrected chi connectivity index (χ2v) is 16.9. The van der Waals surface area contributed by atoms with E-state index in [0.29, 0.717) is 81.1 Å². The lowest BCUT2D eigenvalue weighted by Crippen LogP contribution is -2.51. The Morgan fingerprint density at radius 1 is 1.00 bits per heavy atom. The van der Waals surface area contributed by atoms with Crippen LogP contribution in [0.3, 0.4) is 0 Å². The zero-order chi connectivity index (χ0) is 41.1. The molecule has 3 aliphatic heterocycles. The molecule has 57 heavy (non-hydrogen) atoms. The molecule has 314 valence electrons. The topological polar surface area (TPSA) is 141 Å². The van der Waals surface area contributed by atoms with Crippen LogP contribution in [-0.4, -0.2) is 141 Å². The molecule has 0 aromatic heterocycles. The number of nitrogens with zero attached hydrogens (tertiary/aromatic N) is 5. The number of carbonyl (C=O) groups excluding carboxylic acids is 4. The Kier molecular flexibility index (Phi) is 16.3. The van der Waals surface area contributed by atoms with Gasteiger partial charge in [0.2, 0.25) is 0 Å². The predicted molar refractivity (Wildman–Crippen MR) is 224 cm³/mol. The van der Waals surface area contributed by atoms with Crippen molar-refractivity contribution in [3.63, 3.8) is 0 Å². The number of aryl methyl sites for hydroxylation is 1. The summed E-state index contributed by atoms with van der Waals surface area (Å²) in [7, 11) is 5.79. The lowest BCUT2D eigenvalue weighted by atomic mass is 9.83. The number of anilines is 2. The third-order valence-electron chi connectivity index (χ3n) is 12.0. The van der Waals surface area contributed by atoms with Crippen LogP contribution < -0.4 is 11.1 Å². The summed E-state index contributed by atoms with van der Waals surface area (Å²) in [6, 6.07) is 11.4. The van der Waals surface area contributed by atoms with Crippen molar-refractivity contribution >= 4 is 47.0 Å². The minimum absolute atomic E-state index is 0.00661. The number of nitrogen functional groups attached to an aromatic ring is 1. The Labute approximate surface area is 344 Å². The van der Waals surface area contributed by atoms with E-state index in [1.807, 2.05) is 56.3 Å². The first-order valence-electron chi connectivity index (χ1n) is 20.7. The van der Waals surface area contributed by atoms with E-state index in [9.17, 15) is 19.2 Å². The number of nitrogens with one attached hydrogen (secondary N) is 1. The van der Waals surface area contributed by atoms with E-state index in [1.165, 1.54) is 0 Å². The van der Waals surface area contributed by atoms with Crippen LogP contribution in [0.2, 0.25) is 5.02 Å². The van der Waals surface area contributed by atoms with Gasteiger partial charge in [-0.2, -0.15) is 0 Å². The molecule has 0 aliphatic carbocycles. The third-order valence-corrected chi connectivity index (χ3v) is 12.3. The Bertz CT molecular complexity index is 1650. The Balaban J connectivity index is 1.11. The van der Waals surface area contributed by atoms with Crippen molar-refractivity contribution in [3.8, 4) is 0 Å². The van der Waals surface area contributed by atoms with Crippen LogP contribution in [-0.2, 0) is 31.9 Å². The highest BCUT2D eigenvalue weighted by molar-refractivity contribution is 6.33. The van der Waals surface area contributed by atoms with E-state index >= 15 is 0 Å². The number of halogens is 1. The molecule has 0 radical (unpaired) electrons. The second-order valence-electron chi connectivity index (χ2n) is 16.5. The number of urea groups is 1. The number of nitrogens with two attached hydrogens (primary N) is 1. The van der Waals surface area contributed by atoms with Crippen LogP contribution in [0.15, 0.2) is 36.4 Å². The summed E-state index contributed by atoms with van der Waals surface area (Å²) in [4.78, 5) is 62.7. The smallest absolute Gasteiger partial charge is 0.410 e. The Morgan fingerprint density at radius 2 is 1.72 bits per heavy atom. The molecule has 3 N–H and O–H groups in total. The molecule has 14 heteroatoms. The van der Waals surface area contributed by atoms with Gasteiger partial charge in [-0.05, 0) is 120 Å². The van der Waals surface area contributed by atoms with Gasteiger partial charge >= 0.3 is 18.1 Å². The predicted octanol–water partition coefficient (Wildman–Crippen LogP) is 5.91. The van der Waals surface area contributed by atoms with Crippen molar-refractivity contribution in [1.29, 1.82) is 0 Å². The fourth-order valence-electron chi connectivity index (χ4n) is 8.26. The average molecular weight is 810 g/mol. The number of benzene rings is 2. The number of hydrogen-bond acceptors (Lipinski definition) is 9. The number of fused-ring (bicyclic) bond motifs is 1. The second kappa shape index (κ2) is 21.1. The fraction of sp³-hybridized carbons (Fsp3) is 0.628. The molecule has 2 fully saturated rings. The van der Waals surface area contributed by atoms with E-state index in [2.05, 4.69) is 22.0 Å². The van der Waals surface area contributed by atoms with Crippen LogP contribution in [0.1, 0.15) is 68.6 Å². The number of likely N-dealkylation sites (N-methyl/N-ethyl adjacent to an activating group) is 1. The van der Waals surface area contributed by atoms with Crippen LogP contribution >= 0.6 is 11.6 Å². The van der Waals surface area contributed by atoms with Crippen LogP contribution in [0, 0.1) is 18.8 Å². The van der Waals surface area contributed by atoms with Crippen LogP contribution in [0.25, 0.3) is 0 Å². The molecule has 0 bridgehead atoms. The number of likely N-dealkylation sites (tertiary alicyclic amines) is 2. The van der Waals surface area contributed by atoms with Gasteiger partial charge in [-0.15, -0.1) is 0 Å². The van der Waals surface area contributed by atoms with E-state index in [0.717, 1.165) is 74.1 Å². The first-order valence-corrected chi connectivity index (χ1v) is 21.1. The monoisotopic (exact) mass is 809 g/mol. The van der Waals surface area contributed by atoms with E-state index in [1.54, 1.807) is 22.9 Å². The van der Waals surface area contributed by atoms with Gasteiger partial charge < -0.3 is 45.0 Å². The fourth-order valence-corrected chi connectivity index (χ4v) is 8.54. The summed E-state index contributed by atoms with van der Waals surface area (Å²) in [5, 5.41) is 3.44. The van der Waals surface area contributed by atoms with Gasteiger partial charge in [0, 0.05) is 64.5 Å². The standard InChI is InChI=1S/C43H64ClN7O6/c1-30(33-12-20-49(21-13-33)22-17-39(52)56-26-8-18-47(3)4)11-19-48(5)41(53)38(29-32-27-31(2)40(45)36(44)28-32)57-43(55)50-23-15-35(16-24-50)51-25-14-34-9-6-7-10-37(34)46-42(51)54/h6-7,9-10,27-28,30,33,35,38H,8,11-26,29,45H2,1-5H3,(H,46,54)/t30?,38-/m1/s1. The van der Waals surface area contributed by atoms with Gasteiger partial charge in [-0.1, -0.05) is 42.8 Å². The molecule has 2 aromatic rings. The van der Waals surface area contributed by atoms with Gasteiger partial charge in [0.15, 0.2) is 6.10 Å². The van der Waals surface area contributed by atoms with Crippen molar-refractivity contribution in [3.05, 3.63) is 58.1 Å². The molecule has 2 aromatic carbocycles. The molecule has 2 saturated heterocycles. The summed E-state index contributed by atoms with van der Waals surface area (Å²) < 4.78 is 11.4. The number of para-hydroxylation sites is 1. The highest BCUT2D eigenvalue weighted by Gasteiger charge is 2.35. The molecule has 0 spiro atoms. The van der Waals surface area contributed by atoms with E-state index in [4.69, 9.17) is 26.8 Å². The molecule has 2 atom stereocenters. The highest BCUT2D eigenvalue weighted by Crippen LogP contribution is 2.29. The number of amides is 4. The van der Waals surface area contributed by atoms with Crippen LogP contribution in [0.5, 0.6) is 0 Å². The van der Waals surface area contributed by atoms with Crippen molar-refractivity contribution in [1.82, 2.24) is 24.5 Å². The molecule has 3 heterocycles. The van der Waals surface area contributed by atoms with Crippen LogP contribution in [0.4, 0.5) is 21.0 Å². The van der Waals surface area contributed by atoms with Gasteiger partial charge in [0.05, 0.1) is 23.7 Å². The van der Waals surface area contributed by atoms with Crippen molar-refractivity contribution in [2.75, 3.05) is 91.2 Å². The number of carbonyl (C=O) groups is 4. The number of piperidine rings is 2. The Hall–Kier alpha value is -4.07. The summed E-state index contributed by atoms with van der Waals surface area (Å²) in [6.07, 6.45) is 4.73. The van der Waals surface area contributed by atoms with Gasteiger partial charge in [-0.3, -0.25) is 9.59 Å². The number of hydrogen-bond donors (Lipinski definition) is 2. The molecule has 3 aliphatic rings. The molecule has 0 saturated carbocycles. The summed E-state index contributed by atoms with van der Waals surface area (Å²) in [5.74, 6) is 0.520. The maximum atomic E-state index is 14.1. The molecule has 4 amide bonds. The lowest BCUT2D eigenvalue weighted by Gasteiger charge is -2.38. The molecular weight excluding hydrogens is 746 g/mol. The van der Waals surface area contributed by atoms with Gasteiger partial charge in [0.25, 0.3) is 5.91 Å². The van der Waals surface area contributed by atoms with Gasteiger partial charge in [-0.25, -0.2) is 9.59 Å². The van der Waals surface area contributed by atoms with Crippen molar-refractivity contribution in [2.45, 2.75) is 83.8 Å². The lowest BCUT2D eigenvalue weighted by molar-refractivity contribution is -0.144. The van der Waals surface area contributed by atoms with Crippen molar-refractivity contribution < 1.29 is 28.7 Å². The normalized spacial score (nSPS) is 18.1. The number of esters is 1. The number of rotatable bonds is 16. The minimum atomic E-state index is -1.05. The summed E-state index contributed by atoms with van der Waals surface area (Å²) >= 11 is 6.43. The summed E-state index contributed by atoms with van der Waals surface area (Å²) in [6.45, 7) is 10.0. The van der Waals surface area contributed by atoms with E-state index < -0.39 is 12.2 Å². The molecular formula is C43H64ClN7O6. The Morgan fingerprint density at radius 3 is 2.42 bits per heavy atom. The third kappa shape index (κ3) is 12.7. The highest BCUT2D eigenvalue weighted by atomic mass is 35.5. The largest absolute Gasteiger partial charge is 0.466 e. The quantitative estimate of drug-likeness (QED) is 0.120. The first kappa shape index (κ1) is 44.0. The maximum Gasteiger partial charge on any atom is 0.410 e. The van der Waals surface area contributed by atoms with E-state index in [-0.39, 0.29) is 30.4 Å². The minimum Gasteiger partial charge on any atom is -0.466 e. The summed E-state index contributed by atoms with van der Waals surface area (Å²) in [5.41, 5.74) is 10.1. The van der Waals surface area contributed by atoms with Gasteiger partial charge in [0.1, 0.15) is 0 Å². The average Bonchev–Trinajstić information content (AvgIpc) is 3.37. The molecule has 1 unspecified atom stereocenters. The molecule has 5 rings (SSSR count). The molecule has 13 nitrogen and oxygen atoms in total. The number of ether oxygens (including phenoxy) is 2. The first-order chi connectivity index (χ1) is 27.3.